The van der Waals surface area contributed by atoms with E-state index in [9.17, 15) is 9.59 Å². The fourth-order valence-electron chi connectivity index (χ4n) is 2.19. The molecule has 1 heterocycles. The Balaban J connectivity index is 1.51. The zero-order valence-corrected chi connectivity index (χ0v) is 12.3. The molecule has 0 aliphatic heterocycles. The Bertz CT molecular complexity index is 824. The van der Waals surface area contributed by atoms with Crippen LogP contribution in [0.3, 0.4) is 0 Å². The van der Waals surface area contributed by atoms with Crippen LogP contribution in [0.25, 0.3) is 10.8 Å². The van der Waals surface area contributed by atoms with Crippen LogP contribution in [-0.2, 0) is 16.1 Å². The number of carbonyl (C=O) groups is 2. The minimum absolute atomic E-state index is 0.160. The summed E-state index contributed by atoms with van der Waals surface area (Å²) in [4.78, 5) is 23.3. The predicted molar refractivity (Wildman–Crippen MR) is 84.8 cm³/mol. The van der Waals surface area contributed by atoms with Gasteiger partial charge in [0.25, 0.3) is 5.91 Å². The molecule has 1 aromatic heterocycles. The highest BCUT2D eigenvalue weighted by Crippen LogP contribution is 2.16. The van der Waals surface area contributed by atoms with Gasteiger partial charge >= 0.3 is 5.97 Å². The maximum Gasteiger partial charge on any atom is 0.325 e. The number of carbonyl (C=O) groups excluding carboxylic acids is 2. The fourth-order valence-corrected chi connectivity index (χ4v) is 2.19. The van der Waals surface area contributed by atoms with Gasteiger partial charge in [0.05, 0.1) is 6.26 Å². The molecular weight excluding hydrogens is 294 g/mol. The summed E-state index contributed by atoms with van der Waals surface area (Å²) in [5.41, 5.74) is 0.898. The molecular formula is C18H15NO4. The van der Waals surface area contributed by atoms with E-state index in [0.29, 0.717) is 0 Å². The number of hydrogen-bond acceptors (Lipinski definition) is 4. The number of benzene rings is 2. The van der Waals surface area contributed by atoms with Gasteiger partial charge in [0.2, 0.25) is 0 Å². The topological polar surface area (TPSA) is 68.5 Å². The third-order valence-electron chi connectivity index (χ3n) is 3.35. The molecule has 2 aromatic carbocycles. The molecule has 1 amide bonds. The highest BCUT2D eigenvalue weighted by Gasteiger charge is 2.11. The van der Waals surface area contributed by atoms with E-state index in [1.165, 1.54) is 12.3 Å². The molecule has 0 bridgehead atoms. The number of hydrogen-bond donors (Lipinski definition) is 1. The molecule has 3 aromatic rings. The highest BCUT2D eigenvalue weighted by molar-refractivity contribution is 5.93. The van der Waals surface area contributed by atoms with Crippen molar-refractivity contribution in [2.45, 2.75) is 6.61 Å². The molecule has 0 aliphatic carbocycles. The first-order valence-electron chi connectivity index (χ1n) is 7.17. The smallest absolute Gasteiger partial charge is 0.325 e. The van der Waals surface area contributed by atoms with Gasteiger partial charge in [0.15, 0.2) is 5.76 Å². The number of ether oxygens (including phenoxy) is 1. The second-order valence-electron chi connectivity index (χ2n) is 5.00. The SMILES string of the molecule is O=C(CNC(=O)c1ccco1)OCc1ccc2ccccc2c1. The molecule has 1 N–H and O–H groups in total. The van der Waals surface area contributed by atoms with E-state index in [0.717, 1.165) is 16.3 Å². The monoisotopic (exact) mass is 309 g/mol. The van der Waals surface area contributed by atoms with Crippen LogP contribution in [-0.4, -0.2) is 18.4 Å². The van der Waals surface area contributed by atoms with Gasteiger partial charge in [-0.1, -0.05) is 36.4 Å². The number of esters is 1. The van der Waals surface area contributed by atoms with Gasteiger partial charge in [0.1, 0.15) is 13.2 Å². The van der Waals surface area contributed by atoms with Gasteiger partial charge in [-0.2, -0.15) is 0 Å². The minimum atomic E-state index is -0.502. The average molecular weight is 309 g/mol. The molecule has 0 unspecified atom stereocenters. The first-order valence-corrected chi connectivity index (χ1v) is 7.17. The van der Waals surface area contributed by atoms with Crippen molar-refractivity contribution in [3.63, 3.8) is 0 Å². The van der Waals surface area contributed by atoms with Crippen LogP contribution in [0.15, 0.2) is 65.3 Å². The summed E-state index contributed by atoms with van der Waals surface area (Å²) in [6.45, 7) is -0.0343. The van der Waals surface area contributed by atoms with Crippen molar-refractivity contribution in [1.29, 1.82) is 0 Å². The largest absolute Gasteiger partial charge is 0.460 e. The summed E-state index contributed by atoms with van der Waals surface area (Å²) in [5.74, 6) is -0.789. The van der Waals surface area contributed by atoms with E-state index in [1.807, 2.05) is 42.5 Å². The lowest BCUT2D eigenvalue weighted by atomic mass is 10.1. The molecule has 3 rings (SSSR count). The van der Waals surface area contributed by atoms with Crippen LogP contribution in [0.2, 0.25) is 0 Å². The summed E-state index contributed by atoms with van der Waals surface area (Å²) >= 11 is 0. The number of amides is 1. The Hall–Kier alpha value is -3.08. The molecule has 5 nitrogen and oxygen atoms in total. The van der Waals surface area contributed by atoms with E-state index in [4.69, 9.17) is 9.15 Å². The molecule has 0 atom stereocenters. The van der Waals surface area contributed by atoms with Crippen molar-refractivity contribution in [2.75, 3.05) is 6.54 Å². The van der Waals surface area contributed by atoms with Crippen molar-refractivity contribution >= 4 is 22.6 Å². The Morgan fingerprint density at radius 2 is 1.83 bits per heavy atom. The van der Waals surface area contributed by atoms with Gasteiger partial charge in [-0.05, 0) is 34.5 Å². The zero-order chi connectivity index (χ0) is 16.1. The average Bonchev–Trinajstić information content (AvgIpc) is 3.12. The lowest BCUT2D eigenvalue weighted by Crippen LogP contribution is -2.30. The standard InChI is InChI=1S/C18H15NO4/c20-17(11-19-18(21)16-6-3-9-22-16)23-12-13-7-8-14-4-1-2-5-15(14)10-13/h1-10H,11-12H2,(H,19,21). The van der Waals surface area contributed by atoms with Gasteiger partial charge in [0, 0.05) is 0 Å². The van der Waals surface area contributed by atoms with Crippen LogP contribution in [0, 0.1) is 0 Å². The number of fused-ring (bicyclic) bond motifs is 1. The Kier molecular flexibility index (Phi) is 4.38. The third-order valence-corrected chi connectivity index (χ3v) is 3.35. The predicted octanol–water partition coefficient (Wildman–Crippen LogP) is 2.91. The number of nitrogens with one attached hydrogen (secondary N) is 1. The number of rotatable bonds is 5. The molecule has 5 heteroatoms. The van der Waals surface area contributed by atoms with Gasteiger partial charge in [-0.15, -0.1) is 0 Å². The van der Waals surface area contributed by atoms with Gasteiger partial charge < -0.3 is 14.5 Å². The zero-order valence-electron chi connectivity index (χ0n) is 12.3. The van der Waals surface area contributed by atoms with Crippen molar-refractivity contribution in [3.8, 4) is 0 Å². The summed E-state index contributed by atoms with van der Waals surface area (Å²) in [7, 11) is 0. The second-order valence-corrected chi connectivity index (χ2v) is 5.00. The molecule has 0 saturated heterocycles. The first-order chi connectivity index (χ1) is 11.2. The maximum atomic E-state index is 11.7. The first kappa shape index (κ1) is 14.8. The molecule has 0 radical (unpaired) electrons. The molecule has 116 valence electrons. The number of furan rings is 1. The van der Waals surface area contributed by atoms with Crippen molar-refractivity contribution < 1.29 is 18.7 Å². The Morgan fingerprint density at radius 3 is 2.61 bits per heavy atom. The molecule has 23 heavy (non-hydrogen) atoms. The Labute approximate surface area is 132 Å². The van der Waals surface area contributed by atoms with Crippen LogP contribution in [0.1, 0.15) is 16.1 Å². The van der Waals surface area contributed by atoms with Crippen molar-refractivity contribution in [3.05, 3.63) is 72.2 Å². The summed E-state index contributed by atoms with van der Waals surface area (Å²) in [6, 6.07) is 17.0. The lowest BCUT2D eigenvalue weighted by molar-refractivity contribution is -0.143. The summed E-state index contributed by atoms with van der Waals surface area (Å²) in [5, 5.41) is 4.67. The van der Waals surface area contributed by atoms with Crippen molar-refractivity contribution in [1.82, 2.24) is 5.32 Å². The van der Waals surface area contributed by atoms with Crippen LogP contribution >= 0.6 is 0 Å². The summed E-state index contributed by atoms with van der Waals surface area (Å²) < 4.78 is 10.1. The van der Waals surface area contributed by atoms with E-state index in [-0.39, 0.29) is 18.9 Å². The van der Waals surface area contributed by atoms with Gasteiger partial charge in [-0.25, -0.2) is 0 Å². The molecule has 0 fully saturated rings. The molecule has 0 spiro atoms. The van der Waals surface area contributed by atoms with E-state index >= 15 is 0 Å². The van der Waals surface area contributed by atoms with Gasteiger partial charge in [-0.3, -0.25) is 9.59 Å². The Morgan fingerprint density at radius 1 is 1.00 bits per heavy atom. The minimum Gasteiger partial charge on any atom is -0.460 e. The molecule has 0 aliphatic rings. The van der Waals surface area contributed by atoms with Crippen LogP contribution < -0.4 is 5.32 Å². The maximum absolute atomic E-state index is 11.7. The van der Waals surface area contributed by atoms with Crippen LogP contribution in [0.5, 0.6) is 0 Å². The normalized spacial score (nSPS) is 10.4. The van der Waals surface area contributed by atoms with Crippen molar-refractivity contribution in [2.24, 2.45) is 0 Å². The van der Waals surface area contributed by atoms with Crippen LogP contribution in [0.4, 0.5) is 0 Å². The van der Waals surface area contributed by atoms with E-state index in [1.54, 1.807) is 6.07 Å². The lowest BCUT2D eigenvalue weighted by Gasteiger charge is -2.07. The summed E-state index contributed by atoms with van der Waals surface area (Å²) in [6.07, 6.45) is 1.40. The van der Waals surface area contributed by atoms with E-state index < -0.39 is 11.9 Å². The highest BCUT2D eigenvalue weighted by atomic mass is 16.5. The molecule has 0 saturated carbocycles. The van der Waals surface area contributed by atoms with E-state index in [2.05, 4.69) is 5.32 Å². The fraction of sp³-hybridized carbons (Fsp3) is 0.111. The quantitative estimate of drug-likeness (QED) is 0.736. The second kappa shape index (κ2) is 6.79. The third kappa shape index (κ3) is 3.77.